The molecule has 0 unspecified atom stereocenters. The van der Waals surface area contributed by atoms with Crippen molar-refractivity contribution in [1.29, 1.82) is 0 Å². The summed E-state index contributed by atoms with van der Waals surface area (Å²) < 4.78 is 14.6. The highest BCUT2D eigenvalue weighted by Crippen LogP contribution is 2.20. The van der Waals surface area contributed by atoms with Crippen molar-refractivity contribution < 1.29 is 9.18 Å². The maximum Gasteiger partial charge on any atom is 0.167 e. The number of ketones is 1. The van der Waals surface area contributed by atoms with Gasteiger partial charge in [0.1, 0.15) is 5.82 Å². The maximum atomic E-state index is 13.6. The summed E-state index contributed by atoms with van der Waals surface area (Å²) in [6.07, 6.45) is 0.0318. The van der Waals surface area contributed by atoms with E-state index in [1.54, 1.807) is 24.3 Å². The molecule has 0 saturated carbocycles. The SMILES string of the molecule is Cc1cc(C(=O)Cc2ccc(Cl)cc2F)ccc1Br. The monoisotopic (exact) mass is 340 g/mol. The third-order valence-electron chi connectivity index (χ3n) is 2.85. The van der Waals surface area contributed by atoms with Crippen LogP contribution in [-0.4, -0.2) is 5.78 Å². The number of aryl methyl sites for hydroxylation is 1. The molecule has 0 amide bonds. The Hall–Kier alpha value is -1.19. The average molecular weight is 342 g/mol. The molecule has 0 aliphatic heterocycles. The quantitative estimate of drug-likeness (QED) is 0.720. The Morgan fingerprint density at radius 1 is 1.26 bits per heavy atom. The summed E-state index contributed by atoms with van der Waals surface area (Å²) >= 11 is 9.06. The fourth-order valence-electron chi connectivity index (χ4n) is 1.76. The van der Waals surface area contributed by atoms with Crippen molar-refractivity contribution in [1.82, 2.24) is 0 Å². The predicted molar refractivity (Wildman–Crippen MR) is 78.3 cm³/mol. The smallest absolute Gasteiger partial charge is 0.167 e. The van der Waals surface area contributed by atoms with Crippen LogP contribution in [0.3, 0.4) is 0 Å². The van der Waals surface area contributed by atoms with E-state index >= 15 is 0 Å². The van der Waals surface area contributed by atoms with Gasteiger partial charge in [-0.05, 0) is 42.3 Å². The number of hydrogen-bond acceptors (Lipinski definition) is 1. The molecule has 0 saturated heterocycles. The Kier molecular flexibility index (Phi) is 4.38. The van der Waals surface area contributed by atoms with Crippen LogP contribution in [0.4, 0.5) is 4.39 Å². The third-order valence-corrected chi connectivity index (χ3v) is 3.97. The molecule has 2 rings (SSSR count). The van der Waals surface area contributed by atoms with E-state index in [1.807, 2.05) is 13.0 Å². The van der Waals surface area contributed by atoms with Gasteiger partial charge in [0.2, 0.25) is 0 Å². The Labute approximate surface area is 124 Å². The second-order valence-electron chi connectivity index (χ2n) is 4.30. The summed E-state index contributed by atoms with van der Waals surface area (Å²) in [5.74, 6) is -0.563. The molecule has 0 atom stereocenters. The minimum Gasteiger partial charge on any atom is -0.294 e. The van der Waals surface area contributed by atoms with Crippen molar-refractivity contribution in [3.8, 4) is 0 Å². The second kappa shape index (κ2) is 5.85. The van der Waals surface area contributed by atoms with Crippen LogP contribution in [0, 0.1) is 12.7 Å². The van der Waals surface area contributed by atoms with Gasteiger partial charge in [0.25, 0.3) is 0 Å². The zero-order valence-electron chi connectivity index (χ0n) is 10.2. The molecule has 0 spiro atoms. The topological polar surface area (TPSA) is 17.1 Å². The molecule has 19 heavy (non-hydrogen) atoms. The van der Waals surface area contributed by atoms with E-state index in [4.69, 9.17) is 11.6 Å². The molecule has 2 aromatic rings. The van der Waals surface area contributed by atoms with E-state index in [0.29, 0.717) is 16.1 Å². The molecule has 0 radical (unpaired) electrons. The van der Waals surface area contributed by atoms with Crippen molar-refractivity contribution in [2.24, 2.45) is 0 Å². The summed E-state index contributed by atoms with van der Waals surface area (Å²) in [6.45, 7) is 1.91. The molecule has 0 aromatic heterocycles. The number of carbonyl (C=O) groups excluding carboxylic acids is 1. The van der Waals surface area contributed by atoms with Crippen LogP contribution in [-0.2, 0) is 6.42 Å². The Morgan fingerprint density at radius 3 is 2.63 bits per heavy atom. The van der Waals surface area contributed by atoms with Gasteiger partial charge in [-0.15, -0.1) is 0 Å². The van der Waals surface area contributed by atoms with Crippen molar-refractivity contribution in [2.45, 2.75) is 13.3 Å². The average Bonchev–Trinajstić information content (AvgIpc) is 2.36. The van der Waals surface area contributed by atoms with E-state index in [-0.39, 0.29) is 12.2 Å². The van der Waals surface area contributed by atoms with Crippen molar-refractivity contribution in [2.75, 3.05) is 0 Å². The number of Topliss-reactive ketones (excluding diaryl/α,β-unsaturated/α-hetero) is 1. The van der Waals surface area contributed by atoms with Gasteiger partial charge in [-0.2, -0.15) is 0 Å². The largest absolute Gasteiger partial charge is 0.294 e. The highest BCUT2D eigenvalue weighted by Gasteiger charge is 2.11. The maximum absolute atomic E-state index is 13.6. The fraction of sp³-hybridized carbons (Fsp3) is 0.133. The Morgan fingerprint density at radius 2 is 2.00 bits per heavy atom. The normalized spacial score (nSPS) is 10.5. The van der Waals surface area contributed by atoms with E-state index in [9.17, 15) is 9.18 Å². The molecule has 4 heteroatoms. The van der Waals surface area contributed by atoms with Crippen LogP contribution in [0.25, 0.3) is 0 Å². The Balaban J connectivity index is 2.23. The first-order valence-corrected chi connectivity index (χ1v) is 6.88. The van der Waals surface area contributed by atoms with Crippen molar-refractivity contribution in [3.63, 3.8) is 0 Å². The van der Waals surface area contributed by atoms with E-state index in [1.165, 1.54) is 6.07 Å². The molecule has 0 aliphatic carbocycles. The lowest BCUT2D eigenvalue weighted by Crippen LogP contribution is -2.05. The third kappa shape index (κ3) is 3.43. The van der Waals surface area contributed by atoms with Crippen molar-refractivity contribution in [3.05, 3.63) is 68.4 Å². The van der Waals surface area contributed by atoms with Gasteiger partial charge in [0.15, 0.2) is 5.78 Å². The van der Waals surface area contributed by atoms with Gasteiger partial charge in [-0.1, -0.05) is 39.7 Å². The van der Waals surface area contributed by atoms with Gasteiger partial charge >= 0.3 is 0 Å². The summed E-state index contributed by atoms with van der Waals surface area (Å²) in [6, 6.07) is 9.69. The van der Waals surface area contributed by atoms with Crippen molar-refractivity contribution >= 4 is 33.3 Å². The molecular formula is C15H11BrClFO. The highest BCUT2D eigenvalue weighted by molar-refractivity contribution is 9.10. The molecule has 2 aromatic carbocycles. The fourth-order valence-corrected chi connectivity index (χ4v) is 2.16. The highest BCUT2D eigenvalue weighted by atomic mass is 79.9. The van der Waals surface area contributed by atoms with Gasteiger partial charge in [0.05, 0.1) is 0 Å². The number of carbonyl (C=O) groups is 1. The lowest BCUT2D eigenvalue weighted by molar-refractivity contribution is 0.0991. The molecule has 0 bridgehead atoms. The first-order valence-electron chi connectivity index (χ1n) is 5.70. The summed E-state index contributed by atoms with van der Waals surface area (Å²) in [7, 11) is 0. The predicted octanol–water partition coefficient (Wildman–Crippen LogP) is 4.98. The molecular weight excluding hydrogens is 331 g/mol. The molecule has 0 heterocycles. The minimum atomic E-state index is -0.449. The summed E-state index contributed by atoms with van der Waals surface area (Å²) in [5.41, 5.74) is 1.91. The van der Waals surface area contributed by atoms with E-state index in [2.05, 4.69) is 15.9 Å². The number of rotatable bonds is 3. The minimum absolute atomic E-state index is 0.0318. The molecule has 0 aliphatic rings. The molecule has 0 N–H and O–H groups in total. The number of halogens is 3. The number of hydrogen-bond donors (Lipinski definition) is 0. The lowest BCUT2D eigenvalue weighted by Gasteiger charge is -2.05. The summed E-state index contributed by atoms with van der Waals surface area (Å²) in [5, 5.41) is 0.327. The first kappa shape index (κ1) is 14.2. The molecule has 0 fully saturated rings. The first-order chi connectivity index (χ1) is 8.97. The number of benzene rings is 2. The van der Waals surface area contributed by atoms with E-state index in [0.717, 1.165) is 10.0 Å². The standard InChI is InChI=1S/C15H11BrClFO/c1-9-6-11(3-5-13(9)16)15(19)7-10-2-4-12(17)8-14(10)18/h2-6,8H,7H2,1H3. The zero-order chi connectivity index (χ0) is 14.0. The van der Waals surface area contributed by atoms with Crippen LogP contribution < -0.4 is 0 Å². The van der Waals surface area contributed by atoms with Crippen LogP contribution in [0.5, 0.6) is 0 Å². The van der Waals surface area contributed by atoms with Gasteiger partial charge in [-0.3, -0.25) is 4.79 Å². The lowest BCUT2D eigenvalue weighted by atomic mass is 10.0. The van der Waals surface area contributed by atoms with Crippen LogP contribution in [0.2, 0.25) is 5.02 Å². The van der Waals surface area contributed by atoms with Gasteiger partial charge in [-0.25, -0.2) is 4.39 Å². The molecule has 98 valence electrons. The van der Waals surface area contributed by atoms with E-state index < -0.39 is 5.82 Å². The van der Waals surface area contributed by atoms with Gasteiger partial charge < -0.3 is 0 Å². The second-order valence-corrected chi connectivity index (χ2v) is 5.59. The van der Waals surface area contributed by atoms with Crippen LogP contribution in [0.15, 0.2) is 40.9 Å². The molecule has 1 nitrogen and oxygen atoms in total. The zero-order valence-corrected chi connectivity index (χ0v) is 12.6. The van der Waals surface area contributed by atoms with Crippen LogP contribution in [0.1, 0.15) is 21.5 Å². The van der Waals surface area contributed by atoms with Crippen LogP contribution >= 0.6 is 27.5 Å². The Bertz CT molecular complexity index is 640. The summed E-state index contributed by atoms with van der Waals surface area (Å²) in [4.78, 5) is 12.1. The van der Waals surface area contributed by atoms with Gasteiger partial charge in [0, 0.05) is 21.5 Å².